The molecule has 0 N–H and O–H groups in total. The van der Waals surface area contributed by atoms with Crippen LogP contribution in [-0.2, 0) is 24.0 Å². The van der Waals surface area contributed by atoms with Crippen molar-refractivity contribution in [3.8, 4) is 11.1 Å². The standard InChI is InChI=1S/C77H60B2N4O4/c1-7-23-61(24-8-1)80(62-25-9-2-10-26-62)69-51-57(53-71(55-69)82(65-31-15-5-16-32-65)67-43-39-59(40-44-67)78-84-47-48-85-78)77(75-37-21-19-35-73(75)74-36-20-22-38-76(74)77)58-52-70(81(63-27-11-3-12-28-63)64-29-13-4-14-30-64)56-72(54-58)83(66-33-17-6-18-34-66)68-45-41-60(42-46-68)79-86-49-50-87-79/h1-46,51-56H,47-50H2. The second-order valence-electron chi connectivity index (χ2n) is 22.0. The van der Waals surface area contributed by atoms with E-state index < -0.39 is 19.7 Å². The predicted molar refractivity (Wildman–Crippen MR) is 357 cm³/mol. The second kappa shape index (κ2) is 23.7. The van der Waals surface area contributed by atoms with E-state index in [-0.39, 0.29) is 0 Å². The van der Waals surface area contributed by atoms with E-state index in [1.165, 1.54) is 22.3 Å². The lowest BCUT2D eigenvalue weighted by Crippen LogP contribution is -2.31. The lowest BCUT2D eigenvalue weighted by molar-refractivity contribution is 0.365. The van der Waals surface area contributed by atoms with Crippen LogP contribution < -0.4 is 30.5 Å². The minimum atomic E-state index is -0.965. The average Bonchev–Trinajstić information content (AvgIpc) is 1.65. The quantitative estimate of drug-likeness (QED) is 0.0887. The van der Waals surface area contributed by atoms with Crippen LogP contribution >= 0.6 is 0 Å². The largest absolute Gasteiger partial charge is 0.494 e. The number of anilines is 12. The van der Waals surface area contributed by atoms with Crippen molar-refractivity contribution in [2.24, 2.45) is 0 Å². The number of rotatable bonds is 16. The van der Waals surface area contributed by atoms with E-state index in [2.05, 4.69) is 335 Å². The molecule has 87 heavy (non-hydrogen) atoms. The molecule has 0 spiro atoms. The number of fused-ring (bicyclic) bond motifs is 3. The Hall–Kier alpha value is -10.2. The summed E-state index contributed by atoms with van der Waals surface area (Å²) in [6.07, 6.45) is 0. The Balaban J connectivity index is 1.06. The molecule has 12 aromatic carbocycles. The first kappa shape index (κ1) is 53.5. The van der Waals surface area contributed by atoms with Crippen molar-refractivity contribution in [1.82, 2.24) is 0 Å². The van der Waals surface area contributed by atoms with Crippen LogP contribution in [-0.4, -0.2) is 40.7 Å². The minimum Gasteiger partial charge on any atom is -0.405 e. The highest BCUT2D eigenvalue weighted by Crippen LogP contribution is 2.59. The topological polar surface area (TPSA) is 49.9 Å². The van der Waals surface area contributed by atoms with Crippen LogP contribution in [0.5, 0.6) is 0 Å². The summed E-state index contributed by atoms with van der Waals surface area (Å²) >= 11 is 0. The molecule has 418 valence electrons. The molecule has 0 radical (unpaired) electrons. The van der Waals surface area contributed by atoms with Gasteiger partial charge in [0.15, 0.2) is 0 Å². The third kappa shape index (κ3) is 10.1. The van der Waals surface area contributed by atoms with Crippen molar-refractivity contribution >= 4 is 93.4 Å². The molecular formula is C77H60B2N4O4. The zero-order valence-corrected chi connectivity index (χ0v) is 47.9. The van der Waals surface area contributed by atoms with Crippen molar-refractivity contribution in [3.05, 3.63) is 338 Å². The Labute approximate surface area is 509 Å². The normalized spacial score (nSPS) is 13.9. The summed E-state index contributed by atoms with van der Waals surface area (Å²) in [5.41, 5.74) is 19.9. The van der Waals surface area contributed by atoms with E-state index in [9.17, 15) is 0 Å². The number of hydrogen-bond donors (Lipinski definition) is 0. The van der Waals surface area contributed by atoms with Gasteiger partial charge in [0.05, 0.1) is 31.8 Å². The summed E-state index contributed by atoms with van der Waals surface area (Å²) < 4.78 is 24.1. The molecule has 0 unspecified atom stereocenters. The van der Waals surface area contributed by atoms with Crippen molar-refractivity contribution in [2.75, 3.05) is 46.0 Å². The number of hydrogen-bond acceptors (Lipinski definition) is 8. The summed E-state index contributed by atoms with van der Waals surface area (Å²) in [6, 6.07) is 114. The molecule has 8 nitrogen and oxygen atoms in total. The number of nitrogens with zero attached hydrogens (tertiary/aromatic N) is 4. The molecule has 0 aromatic heterocycles. The maximum Gasteiger partial charge on any atom is 0.494 e. The van der Waals surface area contributed by atoms with Gasteiger partial charge in [-0.2, -0.15) is 0 Å². The van der Waals surface area contributed by atoms with E-state index in [4.69, 9.17) is 18.6 Å². The summed E-state index contributed by atoms with van der Waals surface area (Å²) in [7, 11) is -0.823. The van der Waals surface area contributed by atoms with E-state index >= 15 is 0 Å². The van der Waals surface area contributed by atoms with E-state index in [1.54, 1.807) is 0 Å². The fourth-order valence-corrected chi connectivity index (χ4v) is 13.1. The molecule has 12 aromatic rings. The molecule has 2 aliphatic heterocycles. The van der Waals surface area contributed by atoms with Crippen LogP contribution in [0, 0.1) is 0 Å². The molecule has 2 heterocycles. The SMILES string of the molecule is c1ccc(N(c2ccccc2)c2cc(N(c3ccccc3)c3ccc(B4OCCO4)cc3)cc(C3(c4cc(N(c5ccccc5)c5ccccc5)cc(N(c5ccccc5)c5ccc(B6OCCO6)cc5)c4)c4ccccc4-c4ccccc43)c2)cc1. The van der Waals surface area contributed by atoms with Crippen LogP contribution in [0.15, 0.2) is 315 Å². The number of benzene rings is 12. The van der Waals surface area contributed by atoms with Crippen LogP contribution in [0.4, 0.5) is 68.2 Å². The van der Waals surface area contributed by atoms with Crippen LogP contribution in [0.25, 0.3) is 11.1 Å². The molecule has 0 saturated carbocycles. The molecule has 0 atom stereocenters. The molecule has 3 aliphatic rings. The van der Waals surface area contributed by atoms with Crippen LogP contribution in [0.1, 0.15) is 22.3 Å². The van der Waals surface area contributed by atoms with E-state index in [0.717, 1.165) is 90.3 Å². The first-order valence-electron chi connectivity index (χ1n) is 29.8. The third-order valence-electron chi connectivity index (χ3n) is 16.8. The zero-order valence-electron chi connectivity index (χ0n) is 47.9. The van der Waals surface area contributed by atoms with Crippen molar-refractivity contribution in [2.45, 2.75) is 5.41 Å². The molecule has 10 heteroatoms. The maximum atomic E-state index is 6.03. The van der Waals surface area contributed by atoms with Gasteiger partial charge in [-0.15, -0.1) is 0 Å². The molecule has 0 bridgehead atoms. The van der Waals surface area contributed by atoms with Gasteiger partial charge in [0.1, 0.15) is 0 Å². The van der Waals surface area contributed by atoms with Gasteiger partial charge in [0, 0.05) is 68.2 Å². The van der Waals surface area contributed by atoms with Gasteiger partial charge in [-0.25, -0.2) is 0 Å². The van der Waals surface area contributed by atoms with Gasteiger partial charge in [-0.1, -0.05) is 182 Å². The Morgan fingerprint density at radius 3 is 0.724 bits per heavy atom. The Morgan fingerprint density at radius 1 is 0.230 bits per heavy atom. The Morgan fingerprint density at radius 2 is 0.460 bits per heavy atom. The monoisotopic (exact) mass is 1130 g/mol. The molecule has 2 fully saturated rings. The Kier molecular flexibility index (Phi) is 14.6. The third-order valence-corrected chi connectivity index (χ3v) is 16.8. The molecule has 15 rings (SSSR count). The van der Waals surface area contributed by atoms with Gasteiger partial charge < -0.3 is 38.2 Å². The highest BCUT2D eigenvalue weighted by atomic mass is 16.6. The lowest BCUT2D eigenvalue weighted by Gasteiger charge is -2.38. The summed E-state index contributed by atoms with van der Waals surface area (Å²) in [6.45, 7) is 2.26. The maximum absolute atomic E-state index is 6.03. The molecule has 0 amide bonds. The Bertz CT molecular complexity index is 3950. The zero-order chi connectivity index (χ0) is 57.9. The predicted octanol–water partition coefficient (Wildman–Crippen LogP) is 17.4. The average molecular weight is 1130 g/mol. The van der Waals surface area contributed by atoms with E-state index in [0.29, 0.717) is 26.4 Å². The van der Waals surface area contributed by atoms with Gasteiger partial charge >= 0.3 is 14.2 Å². The second-order valence-corrected chi connectivity index (χ2v) is 22.0. The fourth-order valence-electron chi connectivity index (χ4n) is 13.1. The first-order valence-corrected chi connectivity index (χ1v) is 29.8. The summed E-state index contributed by atoms with van der Waals surface area (Å²) in [4.78, 5) is 9.56. The van der Waals surface area contributed by atoms with Crippen molar-refractivity contribution < 1.29 is 18.6 Å². The van der Waals surface area contributed by atoms with Crippen molar-refractivity contribution in [3.63, 3.8) is 0 Å². The molecule has 1 aliphatic carbocycles. The first-order chi connectivity index (χ1) is 43.2. The highest BCUT2D eigenvalue weighted by molar-refractivity contribution is 6.62. The minimum absolute atomic E-state index is 0.412. The van der Waals surface area contributed by atoms with Gasteiger partial charge in [-0.3, -0.25) is 0 Å². The highest BCUT2D eigenvalue weighted by Gasteiger charge is 2.47. The van der Waals surface area contributed by atoms with Crippen molar-refractivity contribution in [1.29, 1.82) is 0 Å². The summed E-state index contributed by atoms with van der Waals surface area (Å²) in [5.74, 6) is 0. The molecule has 2 saturated heterocycles. The number of para-hydroxylation sites is 6. The molecular weight excluding hydrogens is 1070 g/mol. The van der Waals surface area contributed by atoms with Crippen LogP contribution in [0.3, 0.4) is 0 Å². The van der Waals surface area contributed by atoms with E-state index in [1.807, 2.05) is 0 Å². The van der Waals surface area contributed by atoms with Gasteiger partial charge in [-0.05, 0) is 178 Å². The van der Waals surface area contributed by atoms with Crippen LogP contribution in [0.2, 0.25) is 0 Å². The smallest absolute Gasteiger partial charge is 0.405 e. The summed E-state index contributed by atoms with van der Waals surface area (Å²) in [5, 5.41) is 0. The van der Waals surface area contributed by atoms with Gasteiger partial charge in [0.25, 0.3) is 0 Å². The lowest BCUT2D eigenvalue weighted by atomic mass is 9.67. The van der Waals surface area contributed by atoms with Gasteiger partial charge in [0.2, 0.25) is 0 Å². The fraction of sp³-hybridized carbons (Fsp3) is 0.0649.